The van der Waals surface area contributed by atoms with E-state index in [4.69, 9.17) is 35.5 Å². The maximum absolute atomic E-state index is 13.9. The normalized spacial score (nSPS) is 12.9. The number of hydrogen-bond acceptors (Lipinski definition) is 3. The van der Waals surface area contributed by atoms with Crippen molar-refractivity contribution in [3.63, 3.8) is 0 Å². The Morgan fingerprint density at radius 3 is 2.62 bits per heavy atom. The molecule has 1 aliphatic rings. The Morgan fingerprint density at radius 2 is 1.97 bits per heavy atom. The minimum Gasteiger partial charge on any atom is -0.365 e. The molecule has 2 aromatic carbocycles. The van der Waals surface area contributed by atoms with Gasteiger partial charge in [0.25, 0.3) is 5.91 Å². The van der Waals surface area contributed by atoms with Crippen LogP contribution >= 0.6 is 23.2 Å². The van der Waals surface area contributed by atoms with Crippen molar-refractivity contribution in [2.24, 2.45) is 5.73 Å². The molecule has 3 aromatic rings. The summed E-state index contributed by atoms with van der Waals surface area (Å²) in [6.07, 6.45) is 0.0877. The third kappa shape index (κ3) is 4.17. The average molecular weight is 472 g/mol. The lowest BCUT2D eigenvalue weighted by Crippen LogP contribution is -2.40. The summed E-state index contributed by atoms with van der Waals surface area (Å²) >= 11 is 12.0. The van der Waals surface area contributed by atoms with E-state index in [1.807, 2.05) is 0 Å². The molecule has 0 spiro atoms. The van der Waals surface area contributed by atoms with Gasteiger partial charge in [0, 0.05) is 22.2 Å². The van der Waals surface area contributed by atoms with Gasteiger partial charge >= 0.3 is 0 Å². The third-order valence-corrected chi connectivity index (χ3v) is 5.72. The lowest BCUT2D eigenvalue weighted by atomic mass is 10.0. The molecule has 0 saturated heterocycles. The van der Waals surface area contributed by atoms with E-state index in [1.54, 1.807) is 27.8 Å². The zero-order valence-corrected chi connectivity index (χ0v) is 18.1. The molecule has 2 heterocycles. The molecule has 0 aliphatic carbocycles. The van der Waals surface area contributed by atoms with Crippen LogP contribution in [0.15, 0.2) is 36.4 Å². The fraction of sp³-hybridized carbons (Fsp3) is 0.182. The number of carbonyl (C=O) groups is 2. The maximum Gasteiger partial charge on any atom is 0.252 e. The van der Waals surface area contributed by atoms with E-state index < -0.39 is 11.7 Å². The number of carbonyl (C=O) groups excluding carboxylic acids is 2. The minimum absolute atomic E-state index is 0.0877. The largest absolute Gasteiger partial charge is 0.365 e. The van der Waals surface area contributed by atoms with Crippen molar-refractivity contribution < 1.29 is 14.0 Å². The first-order valence-corrected chi connectivity index (χ1v) is 10.3. The molecule has 0 fully saturated rings. The average Bonchev–Trinajstić information content (AvgIpc) is 3.12. The van der Waals surface area contributed by atoms with E-state index in [9.17, 15) is 14.0 Å². The van der Waals surface area contributed by atoms with Crippen molar-refractivity contribution in [2.75, 3.05) is 6.54 Å². The predicted octanol–water partition coefficient (Wildman–Crippen LogP) is 4.23. The van der Waals surface area contributed by atoms with Gasteiger partial charge in [-0.05, 0) is 23.8 Å². The molecular weight excluding hydrogens is 456 g/mol. The molecule has 4 rings (SSSR count). The highest BCUT2D eigenvalue weighted by Gasteiger charge is 2.30. The monoisotopic (exact) mass is 471 g/mol. The number of nitrogens with zero attached hydrogens (tertiary/aromatic N) is 4. The van der Waals surface area contributed by atoms with E-state index in [1.165, 1.54) is 12.1 Å². The zero-order valence-electron chi connectivity index (χ0n) is 16.6. The molecule has 32 heavy (non-hydrogen) atoms. The Bertz CT molecular complexity index is 1280. The first kappa shape index (κ1) is 21.8. The molecule has 0 unspecified atom stereocenters. The summed E-state index contributed by atoms with van der Waals surface area (Å²) in [4.78, 5) is 30.1. The van der Waals surface area contributed by atoms with E-state index in [0.29, 0.717) is 35.6 Å². The lowest BCUT2D eigenvalue weighted by Gasteiger charge is -2.28. The van der Waals surface area contributed by atoms with E-state index in [2.05, 4.69) is 9.94 Å². The highest BCUT2D eigenvalue weighted by Crippen LogP contribution is 2.31. The van der Waals surface area contributed by atoms with Crippen molar-refractivity contribution in [3.05, 3.63) is 80.5 Å². The van der Waals surface area contributed by atoms with Gasteiger partial charge in [-0.3, -0.25) is 14.3 Å². The number of amides is 2. The number of hydrogen-bond donors (Lipinski definition) is 1. The molecular formula is C22H16Cl2FN5O2. The van der Waals surface area contributed by atoms with Gasteiger partial charge in [0.15, 0.2) is 0 Å². The van der Waals surface area contributed by atoms with Crippen LogP contribution in [0.2, 0.25) is 10.0 Å². The van der Waals surface area contributed by atoms with Crippen molar-refractivity contribution in [1.29, 1.82) is 0 Å². The standard InChI is InChI=1S/C22H16Cl2FN5O2/c1-27-17-3-2-12(6-16(17)24)7-19(31)29-4-5-30-18(11-29)20(22(26)32)21(28-30)13-8-14(23)10-15(25)9-13/h2-3,6,8-10H,4-5,7,11H2,(H2,26,32). The molecule has 1 aliphatic heterocycles. The fourth-order valence-electron chi connectivity index (χ4n) is 3.72. The van der Waals surface area contributed by atoms with Gasteiger partial charge in [-0.1, -0.05) is 41.4 Å². The predicted molar refractivity (Wildman–Crippen MR) is 118 cm³/mol. The third-order valence-electron chi connectivity index (χ3n) is 5.20. The lowest BCUT2D eigenvalue weighted by molar-refractivity contribution is -0.132. The number of fused-ring (bicyclic) bond motifs is 1. The van der Waals surface area contributed by atoms with Crippen molar-refractivity contribution >= 4 is 40.7 Å². The first-order valence-electron chi connectivity index (χ1n) is 9.56. The summed E-state index contributed by atoms with van der Waals surface area (Å²) in [7, 11) is 0. The summed E-state index contributed by atoms with van der Waals surface area (Å²) in [5, 5.41) is 4.90. The SMILES string of the molecule is [C-]#[N+]c1ccc(CC(=O)N2CCn3nc(-c4cc(F)cc(Cl)c4)c(C(N)=O)c3C2)cc1Cl. The molecule has 0 bridgehead atoms. The van der Waals surface area contributed by atoms with Crippen LogP contribution in [0.25, 0.3) is 16.1 Å². The van der Waals surface area contributed by atoms with Crippen LogP contribution in [-0.4, -0.2) is 33.0 Å². The first-order chi connectivity index (χ1) is 15.3. The Hall–Kier alpha value is -3.41. The van der Waals surface area contributed by atoms with Gasteiger partial charge < -0.3 is 10.6 Å². The molecule has 2 amide bonds. The van der Waals surface area contributed by atoms with Crippen LogP contribution in [-0.2, 0) is 24.3 Å². The molecule has 7 nitrogen and oxygen atoms in total. The van der Waals surface area contributed by atoms with Gasteiger partial charge in [-0.15, -0.1) is 0 Å². The second-order valence-corrected chi connectivity index (χ2v) is 8.15. The Labute approximate surface area is 192 Å². The second-order valence-electron chi connectivity index (χ2n) is 7.31. The number of primary amides is 1. The molecule has 0 saturated carbocycles. The van der Waals surface area contributed by atoms with Crippen LogP contribution in [0.1, 0.15) is 21.6 Å². The highest BCUT2D eigenvalue weighted by molar-refractivity contribution is 6.33. The summed E-state index contributed by atoms with van der Waals surface area (Å²) in [6, 6.07) is 8.75. The van der Waals surface area contributed by atoms with Gasteiger partial charge in [0.2, 0.25) is 11.6 Å². The van der Waals surface area contributed by atoms with Crippen LogP contribution < -0.4 is 5.73 Å². The Morgan fingerprint density at radius 1 is 1.19 bits per heavy atom. The molecule has 162 valence electrons. The number of aromatic nitrogens is 2. The zero-order chi connectivity index (χ0) is 23.0. The molecule has 1 aromatic heterocycles. The fourth-order valence-corrected chi connectivity index (χ4v) is 4.19. The van der Waals surface area contributed by atoms with Crippen molar-refractivity contribution in [1.82, 2.24) is 14.7 Å². The highest BCUT2D eigenvalue weighted by atomic mass is 35.5. The summed E-state index contributed by atoms with van der Waals surface area (Å²) in [6.45, 7) is 7.91. The van der Waals surface area contributed by atoms with Crippen molar-refractivity contribution in [2.45, 2.75) is 19.5 Å². The van der Waals surface area contributed by atoms with E-state index in [-0.39, 0.29) is 40.2 Å². The van der Waals surface area contributed by atoms with Crippen LogP contribution in [0.4, 0.5) is 10.1 Å². The second kappa shape index (κ2) is 8.61. The number of benzene rings is 2. The topological polar surface area (TPSA) is 85.6 Å². The minimum atomic E-state index is -0.725. The molecule has 2 N–H and O–H groups in total. The molecule has 0 atom stereocenters. The van der Waals surface area contributed by atoms with Gasteiger partial charge in [-0.25, -0.2) is 9.24 Å². The van der Waals surface area contributed by atoms with Gasteiger partial charge in [-0.2, -0.15) is 5.10 Å². The van der Waals surface area contributed by atoms with Crippen molar-refractivity contribution in [3.8, 4) is 11.3 Å². The van der Waals surface area contributed by atoms with E-state index in [0.717, 1.165) is 6.07 Å². The van der Waals surface area contributed by atoms with E-state index >= 15 is 0 Å². The maximum atomic E-state index is 13.9. The summed E-state index contributed by atoms with van der Waals surface area (Å²) < 4.78 is 15.5. The summed E-state index contributed by atoms with van der Waals surface area (Å²) in [5.74, 6) is -1.46. The van der Waals surface area contributed by atoms with Gasteiger partial charge in [0.1, 0.15) is 11.5 Å². The Balaban J connectivity index is 1.62. The number of rotatable bonds is 4. The summed E-state index contributed by atoms with van der Waals surface area (Å²) in [5.41, 5.74) is 7.79. The number of halogens is 3. The van der Waals surface area contributed by atoms with Crippen LogP contribution in [0.5, 0.6) is 0 Å². The number of nitrogens with two attached hydrogens (primary N) is 1. The molecule has 0 radical (unpaired) electrons. The van der Waals surface area contributed by atoms with Crippen LogP contribution in [0, 0.1) is 12.4 Å². The van der Waals surface area contributed by atoms with Crippen LogP contribution in [0.3, 0.4) is 0 Å². The van der Waals surface area contributed by atoms with Gasteiger partial charge in [0.05, 0.1) is 37.3 Å². The smallest absolute Gasteiger partial charge is 0.252 e. The Kier molecular flexibility index (Phi) is 5.87. The quantitative estimate of drug-likeness (QED) is 0.577. The molecule has 10 heteroatoms.